The van der Waals surface area contributed by atoms with E-state index >= 15 is 0 Å². The van der Waals surface area contributed by atoms with Crippen molar-refractivity contribution in [1.29, 1.82) is 0 Å². The maximum absolute atomic E-state index is 12.3. The van der Waals surface area contributed by atoms with E-state index in [4.69, 9.17) is 61.3 Å². The first-order valence-electron chi connectivity index (χ1n) is 27.5. The maximum atomic E-state index is 12.3. The van der Waals surface area contributed by atoms with Gasteiger partial charge in [0.25, 0.3) is 10.1 Å². The highest BCUT2D eigenvalue weighted by molar-refractivity contribution is 7.86. The molecule has 0 spiro atoms. The van der Waals surface area contributed by atoms with Gasteiger partial charge < -0.3 is 75.8 Å². The molecule has 1 aliphatic carbocycles. The maximum Gasteiger partial charge on any atom is 0.303 e. The van der Waals surface area contributed by atoms with E-state index in [0.717, 1.165) is 16.5 Å². The van der Waals surface area contributed by atoms with Crippen LogP contribution in [0.5, 0.6) is 0 Å². The van der Waals surface area contributed by atoms with E-state index in [2.05, 4.69) is 4.58 Å². The number of carboxylic acids is 1. The van der Waals surface area contributed by atoms with E-state index in [1.54, 1.807) is 26.5 Å². The molecule has 2 N–H and O–H groups in total. The largest absolute Gasteiger partial charge is 0.744 e. The molecule has 25 heteroatoms. The highest BCUT2D eigenvalue weighted by Crippen LogP contribution is 2.51. The minimum Gasteiger partial charge on any atom is -0.744 e. The molecule has 3 aliphatic rings. The van der Waals surface area contributed by atoms with Crippen molar-refractivity contribution in [3.05, 3.63) is 83.1 Å². The zero-order valence-corrected chi connectivity index (χ0v) is 49.0. The molecule has 0 bridgehead atoms. The number of carboxylic acid groups (broad SMARTS) is 1. The number of methoxy groups -OCH3 is 2. The lowest BCUT2D eigenvalue weighted by Crippen LogP contribution is -2.36. The molecule has 1 atom stereocenters. The summed E-state index contributed by atoms with van der Waals surface area (Å²) in [5.74, 6) is -0.813. The Kier molecular flexibility index (Phi) is 34.3. The van der Waals surface area contributed by atoms with Gasteiger partial charge >= 0.3 is 5.97 Å². The Hall–Kier alpha value is -4.26. The summed E-state index contributed by atoms with van der Waals surface area (Å²) < 4.78 is 145. The molecule has 0 aromatic heterocycles. The molecule has 1 aromatic rings. The van der Waals surface area contributed by atoms with Gasteiger partial charge in [-0.2, -0.15) is 8.42 Å². The molecule has 4 rings (SSSR count). The molecule has 0 radical (unpaired) electrons. The molecule has 1 unspecified atom stereocenters. The number of allylic oxidation sites excluding steroid dienone is 3. The number of hydrogen-bond donors (Lipinski definition) is 2. The van der Waals surface area contributed by atoms with Gasteiger partial charge in [0.15, 0.2) is 13.1 Å². The van der Waals surface area contributed by atoms with Gasteiger partial charge in [-0.05, 0) is 80.1 Å². The fourth-order valence-corrected chi connectivity index (χ4v) is 9.70. The van der Waals surface area contributed by atoms with Crippen LogP contribution < -0.4 is 14.8 Å². The molecule has 0 saturated heterocycles. The van der Waals surface area contributed by atoms with Gasteiger partial charge in [-0.15, -0.1) is 0 Å². The summed E-state index contributed by atoms with van der Waals surface area (Å²) in [6, 6.07) is 11.9. The van der Waals surface area contributed by atoms with Crippen LogP contribution in [0.25, 0.3) is 17.4 Å². The molecule has 0 fully saturated rings. The Labute approximate surface area is 477 Å². The van der Waals surface area contributed by atoms with Crippen LogP contribution in [-0.2, 0) is 87.3 Å². The van der Waals surface area contributed by atoms with Crippen LogP contribution in [0.15, 0.2) is 75.9 Å². The van der Waals surface area contributed by atoms with Crippen LogP contribution in [-0.4, -0.2) is 222 Å². The number of carbonyl (C=O) groups is 1. The van der Waals surface area contributed by atoms with E-state index in [1.165, 1.54) is 12.1 Å². The van der Waals surface area contributed by atoms with E-state index < -0.39 is 42.3 Å². The van der Waals surface area contributed by atoms with Gasteiger partial charge in [0.1, 0.15) is 29.1 Å². The summed E-state index contributed by atoms with van der Waals surface area (Å²) >= 11 is 0. The Balaban J connectivity index is 1.44. The SMILES string of the molecule is COCCOCCOCCOCCOCCOCC[N+](CCOCCOCCOCCOCCOCCOC)=c1ccc2c(/C=C/C=C3/N(CCCCCC(=O)O)c4ccc(S(=O)(=O)[O-])cc4C3(C)CCCS(=O)(=O)O)ccoc-2c1. The third-order valence-corrected chi connectivity index (χ3v) is 14.4. The number of aliphatic carboxylic acids is 1. The lowest BCUT2D eigenvalue weighted by atomic mass is 9.77. The molecule has 0 amide bonds. The normalized spacial score (nSPS) is 15.2. The number of hydrogen-bond acceptors (Lipinski definition) is 20. The van der Waals surface area contributed by atoms with Crippen LogP contribution in [0.3, 0.4) is 0 Å². The number of ether oxygens (including phenoxy) is 12. The standard InChI is InChI=1S/C56H86N2O21S2/c1-56(17-8-44-80(61,62)63)51-46-49(81(64,65)66)13-15-52(51)58(18-6-4-5-11-55(59)60)54(56)10-7-9-47-16-21-79-53-45-48(12-14-50(47)53)57(19-22-69-28-30-73-36-38-77-42-40-75-34-32-71-26-24-67-2)20-23-70-29-31-74-37-39-78-43-41-76-35-33-72-27-25-68-3/h7,9-10,12-16,21,45-46H,4-6,8,11,17-20,22-44H2,1-3H3,(H2-,59,60,61,62,63,64,65,66). The quantitative estimate of drug-likeness (QED) is 0.0447. The second-order valence-electron chi connectivity index (χ2n) is 18.8. The van der Waals surface area contributed by atoms with Crippen molar-refractivity contribution in [3.8, 4) is 11.3 Å². The molecular formula is C56H86N2O21S2. The number of anilines is 1. The van der Waals surface area contributed by atoms with Gasteiger partial charge in [-0.1, -0.05) is 18.6 Å². The van der Waals surface area contributed by atoms with Crippen molar-refractivity contribution in [1.82, 2.24) is 4.58 Å². The van der Waals surface area contributed by atoms with Crippen LogP contribution >= 0.6 is 0 Å². The van der Waals surface area contributed by atoms with Gasteiger partial charge in [0.2, 0.25) is 5.36 Å². The summed E-state index contributed by atoms with van der Waals surface area (Å²) in [5, 5.41) is 10.1. The summed E-state index contributed by atoms with van der Waals surface area (Å²) in [5.41, 5.74) is 2.49. The lowest BCUT2D eigenvalue weighted by Gasteiger charge is -2.30. The zero-order chi connectivity index (χ0) is 58.4. The predicted molar refractivity (Wildman–Crippen MR) is 300 cm³/mol. The average molecular weight is 1190 g/mol. The number of benzene rings is 2. The zero-order valence-electron chi connectivity index (χ0n) is 47.3. The van der Waals surface area contributed by atoms with Crippen molar-refractivity contribution in [3.63, 3.8) is 0 Å². The van der Waals surface area contributed by atoms with Gasteiger partial charge in [-0.3, -0.25) is 9.35 Å². The molecular weight excluding hydrogens is 1100 g/mol. The second kappa shape index (κ2) is 40.1. The third-order valence-electron chi connectivity index (χ3n) is 12.8. The highest BCUT2D eigenvalue weighted by Gasteiger charge is 2.43. The molecule has 458 valence electrons. The number of rotatable bonds is 49. The minimum atomic E-state index is -4.85. The topological polar surface area (TPSA) is 279 Å². The van der Waals surface area contributed by atoms with Crippen molar-refractivity contribution < 1.29 is 97.1 Å². The van der Waals surface area contributed by atoms with E-state index in [1.807, 2.05) is 54.3 Å². The number of unbranched alkanes of at least 4 members (excludes halogenated alkanes) is 2. The average Bonchev–Trinajstić information content (AvgIpc) is 3.94. The first-order chi connectivity index (χ1) is 39.2. The van der Waals surface area contributed by atoms with Crippen LogP contribution in [0.1, 0.15) is 56.6 Å². The van der Waals surface area contributed by atoms with Crippen molar-refractivity contribution in [2.45, 2.75) is 55.8 Å². The van der Waals surface area contributed by atoms with E-state index in [0.29, 0.717) is 207 Å². The van der Waals surface area contributed by atoms with Crippen molar-refractivity contribution in [2.75, 3.05) is 190 Å². The second-order valence-corrected chi connectivity index (χ2v) is 21.7. The fraction of sp³-hybridized carbons (Fsp3) is 0.643. The Morgan fingerprint density at radius 2 is 1.14 bits per heavy atom. The minimum absolute atomic E-state index is 0.0132. The van der Waals surface area contributed by atoms with Gasteiger partial charge in [0.05, 0.1) is 155 Å². The molecule has 1 aromatic carbocycles. The van der Waals surface area contributed by atoms with Crippen LogP contribution in [0.4, 0.5) is 5.69 Å². The van der Waals surface area contributed by atoms with Crippen molar-refractivity contribution >= 4 is 38.0 Å². The monoisotopic (exact) mass is 1190 g/mol. The summed E-state index contributed by atoms with van der Waals surface area (Å²) in [7, 11) is -5.92. The Morgan fingerprint density at radius 3 is 1.60 bits per heavy atom. The van der Waals surface area contributed by atoms with Crippen molar-refractivity contribution in [2.24, 2.45) is 0 Å². The predicted octanol–water partition coefficient (Wildman–Crippen LogP) is 4.51. The summed E-state index contributed by atoms with van der Waals surface area (Å²) in [6.07, 6.45) is 9.10. The Morgan fingerprint density at radius 1 is 0.642 bits per heavy atom. The number of nitrogens with zero attached hydrogens (tertiary/aromatic N) is 2. The molecule has 23 nitrogen and oxygen atoms in total. The van der Waals surface area contributed by atoms with E-state index in [-0.39, 0.29) is 19.3 Å². The smallest absolute Gasteiger partial charge is 0.303 e. The highest BCUT2D eigenvalue weighted by atomic mass is 32.2. The molecule has 2 aliphatic heterocycles. The molecule has 2 heterocycles. The lowest BCUT2D eigenvalue weighted by molar-refractivity contribution is -0.137. The third kappa shape index (κ3) is 27.8. The first-order valence-corrected chi connectivity index (χ1v) is 30.5. The van der Waals surface area contributed by atoms with Crippen LogP contribution in [0.2, 0.25) is 0 Å². The number of fused-ring (bicyclic) bond motifs is 2. The summed E-state index contributed by atoms with van der Waals surface area (Å²) in [6.45, 7) is 13.4. The van der Waals surface area contributed by atoms with Crippen LogP contribution in [0, 0.1) is 0 Å². The van der Waals surface area contributed by atoms with Gasteiger partial charge in [0, 0.05) is 55.6 Å². The van der Waals surface area contributed by atoms with E-state index in [9.17, 15) is 35.8 Å². The Bertz CT molecular complexity index is 2520. The molecule has 0 saturated carbocycles. The summed E-state index contributed by atoms with van der Waals surface area (Å²) in [4.78, 5) is 12.8. The first kappa shape index (κ1) is 69.2. The van der Waals surface area contributed by atoms with Gasteiger partial charge in [-0.25, -0.2) is 13.0 Å². The fourth-order valence-electron chi connectivity index (χ4n) is 8.69. The molecule has 81 heavy (non-hydrogen) atoms.